The molecule has 0 aromatic carbocycles. The SMILES string of the molecule is C[C@@H]1[C@H]2C[C@H](C/C2=N\NC(N)=S)C1(C)C. The van der Waals surface area contributed by atoms with E-state index < -0.39 is 0 Å². The van der Waals surface area contributed by atoms with Gasteiger partial charge in [-0.3, -0.25) is 5.43 Å². The highest BCUT2D eigenvalue weighted by Gasteiger charge is 2.53. The zero-order valence-electron chi connectivity index (χ0n) is 9.58. The molecule has 0 unspecified atom stereocenters. The molecule has 0 aromatic rings. The Morgan fingerprint density at radius 3 is 2.73 bits per heavy atom. The Hall–Kier alpha value is -0.640. The van der Waals surface area contributed by atoms with Crippen molar-refractivity contribution in [2.45, 2.75) is 33.6 Å². The van der Waals surface area contributed by atoms with Crippen molar-refractivity contribution in [3.63, 3.8) is 0 Å². The molecule has 0 heterocycles. The molecule has 2 saturated carbocycles. The van der Waals surface area contributed by atoms with Crippen LogP contribution in [0.15, 0.2) is 5.10 Å². The van der Waals surface area contributed by atoms with Crippen LogP contribution < -0.4 is 11.2 Å². The number of hydrogen-bond acceptors (Lipinski definition) is 2. The van der Waals surface area contributed by atoms with Crippen molar-refractivity contribution in [3.8, 4) is 0 Å². The van der Waals surface area contributed by atoms with Gasteiger partial charge in [-0.25, -0.2) is 0 Å². The molecule has 3 atom stereocenters. The Balaban J connectivity index is 2.12. The highest BCUT2D eigenvalue weighted by molar-refractivity contribution is 7.80. The Morgan fingerprint density at radius 1 is 1.60 bits per heavy atom. The van der Waals surface area contributed by atoms with Gasteiger partial charge in [0.25, 0.3) is 0 Å². The molecule has 2 bridgehead atoms. The molecule has 0 aromatic heterocycles. The molecule has 0 amide bonds. The van der Waals surface area contributed by atoms with Crippen LogP contribution in [0, 0.1) is 23.2 Å². The summed E-state index contributed by atoms with van der Waals surface area (Å²) in [6.45, 7) is 7.08. The van der Waals surface area contributed by atoms with Gasteiger partial charge < -0.3 is 5.73 Å². The van der Waals surface area contributed by atoms with Crippen LogP contribution >= 0.6 is 12.2 Å². The predicted molar refractivity (Wildman–Crippen MR) is 66.5 cm³/mol. The minimum atomic E-state index is 0.261. The summed E-state index contributed by atoms with van der Waals surface area (Å²) in [5, 5.41) is 4.58. The first kappa shape index (κ1) is 10.9. The monoisotopic (exact) mass is 225 g/mol. The van der Waals surface area contributed by atoms with Crippen molar-refractivity contribution in [2.24, 2.45) is 34.0 Å². The zero-order chi connectivity index (χ0) is 11.2. The Morgan fingerprint density at radius 2 is 2.27 bits per heavy atom. The smallest absolute Gasteiger partial charge is 0.184 e. The third-order valence-electron chi connectivity index (χ3n) is 4.56. The van der Waals surface area contributed by atoms with Crippen LogP contribution in [0.1, 0.15) is 33.6 Å². The lowest BCUT2D eigenvalue weighted by Gasteiger charge is -2.36. The zero-order valence-corrected chi connectivity index (χ0v) is 10.4. The normalized spacial score (nSPS) is 39.7. The molecule has 15 heavy (non-hydrogen) atoms. The topological polar surface area (TPSA) is 50.4 Å². The third kappa shape index (κ3) is 1.65. The van der Waals surface area contributed by atoms with Gasteiger partial charge in [0.2, 0.25) is 0 Å². The average molecular weight is 225 g/mol. The molecule has 0 aliphatic heterocycles. The summed E-state index contributed by atoms with van der Waals surface area (Å²) in [6.07, 6.45) is 2.39. The van der Waals surface area contributed by atoms with E-state index in [1.54, 1.807) is 0 Å². The van der Waals surface area contributed by atoms with Crippen LogP contribution in [-0.4, -0.2) is 10.8 Å². The van der Waals surface area contributed by atoms with Gasteiger partial charge in [-0.1, -0.05) is 20.8 Å². The molecule has 2 aliphatic carbocycles. The molecule has 0 spiro atoms. The van der Waals surface area contributed by atoms with Gasteiger partial charge in [0.15, 0.2) is 5.11 Å². The molecule has 4 heteroatoms. The van der Waals surface area contributed by atoms with Crippen LogP contribution in [0.3, 0.4) is 0 Å². The highest BCUT2D eigenvalue weighted by Crippen LogP contribution is 2.57. The van der Waals surface area contributed by atoms with Crippen molar-refractivity contribution in [1.82, 2.24) is 5.43 Å². The van der Waals surface area contributed by atoms with Crippen LogP contribution in [0.25, 0.3) is 0 Å². The minimum absolute atomic E-state index is 0.261. The molecule has 2 fully saturated rings. The number of fused-ring (bicyclic) bond motifs is 2. The van der Waals surface area contributed by atoms with Gasteiger partial charge in [-0.2, -0.15) is 5.10 Å². The molecule has 3 nitrogen and oxygen atoms in total. The number of nitrogens with two attached hydrogens (primary N) is 1. The second-order valence-electron chi connectivity index (χ2n) is 5.43. The molecule has 0 radical (unpaired) electrons. The summed E-state index contributed by atoms with van der Waals surface area (Å²) < 4.78 is 0. The van der Waals surface area contributed by atoms with E-state index in [9.17, 15) is 0 Å². The molecule has 2 aliphatic rings. The van der Waals surface area contributed by atoms with Gasteiger partial charge >= 0.3 is 0 Å². The number of rotatable bonds is 1. The Bertz CT molecular complexity index is 318. The standard InChI is InChI=1S/C11H19N3S/c1-6-8-4-7(11(6,2)3)5-9(8)13-14-10(12)15/h6-8H,4-5H2,1-3H3,(H3,12,14,15)/b13-9+/t6-,7-,8-/m1/s1. The van der Waals surface area contributed by atoms with Crippen LogP contribution in [0.5, 0.6) is 0 Å². The molecule has 84 valence electrons. The quantitative estimate of drug-likeness (QED) is 0.529. The fraction of sp³-hybridized carbons (Fsp3) is 0.818. The summed E-state index contributed by atoms with van der Waals surface area (Å²) in [5.74, 6) is 2.12. The van der Waals surface area contributed by atoms with E-state index in [-0.39, 0.29) is 5.11 Å². The fourth-order valence-electron chi connectivity index (χ4n) is 3.13. The first-order chi connectivity index (χ1) is 6.93. The van der Waals surface area contributed by atoms with E-state index in [2.05, 4.69) is 31.3 Å². The summed E-state index contributed by atoms with van der Waals surface area (Å²) >= 11 is 4.75. The van der Waals surface area contributed by atoms with E-state index in [1.807, 2.05) is 0 Å². The molecular weight excluding hydrogens is 206 g/mol. The average Bonchev–Trinajstić information content (AvgIpc) is 2.64. The lowest BCUT2D eigenvalue weighted by atomic mass is 9.69. The molecule has 3 N–H and O–H groups in total. The van der Waals surface area contributed by atoms with Crippen molar-refractivity contribution in [3.05, 3.63) is 0 Å². The van der Waals surface area contributed by atoms with E-state index >= 15 is 0 Å². The van der Waals surface area contributed by atoms with Crippen LogP contribution in [-0.2, 0) is 0 Å². The lowest BCUT2D eigenvalue weighted by Crippen LogP contribution is -2.35. The largest absolute Gasteiger partial charge is 0.375 e. The van der Waals surface area contributed by atoms with E-state index in [1.165, 1.54) is 12.1 Å². The summed E-state index contributed by atoms with van der Waals surface area (Å²) in [5.41, 5.74) is 9.82. The number of hydrogen-bond donors (Lipinski definition) is 2. The fourth-order valence-corrected chi connectivity index (χ4v) is 3.18. The number of hydrazone groups is 1. The van der Waals surface area contributed by atoms with Crippen LogP contribution in [0.4, 0.5) is 0 Å². The summed E-state index contributed by atoms with van der Waals surface area (Å²) in [7, 11) is 0. The molecular formula is C11H19N3S. The second kappa shape index (κ2) is 3.44. The number of thiocarbonyl (C=S) groups is 1. The van der Waals surface area contributed by atoms with E-state index in [0.717, 1.165) is 12.3 Å². The Labute approximate surface area is 96.5 Å². The number of nitrogens with zero attached hydrogens (tertiary/aromatic N) is 1. The second-order valence-corrected chi connectivity index (χ2v) is 5.87. The maximum atomic E-state index is 5.37. The van der Waals surface area contributed by atoms with Gasteiger partial charge in [0, 0.05) is 11.6 Å². The first-order valence-corrected chi connectivity index (χ1v) is 5.95. The third-order valence-corrected chi connectivity index (χ3v) is 4.65. The van der Waals surface area contributed by atoms with Gasteiger partial charge in [-0.15, -0.1) is 0 Å². The van der Waals surface area contributed by atoms with Crippen molar-refractivity contribution in [1.29, 1.82) is 0 Å². The van der Waals surface area contributed by atoms with Crippen molar-refractivity contribution in [2.75, 3.05) is 0 Å². The molecule has 2 rings (SSSR count). The highest BCUT2D eigenvalue weighted by atomic mass is 32.1. The van der Waals surface area contributed by atoms with E-state index in [4.69, 9.17) is 18.0 Å². The Kier molecular flexibility index (Phi) is 2.49. The van der Waals surface area contributed by atoms with E-state index in [0.29, 0.717) is 17.3 Å². The maximum absolute atomic E-state index is 5.37. The maximum Gasteiger partial charge on any atom is 0.184 e. The van der Waals surface area contributed by atoms with Crippen molar-refractivity contribution >= 4 is 23.0 Å². The predicted octanol–water partition coefficient (Wildman–Crippen LogP) is 1.88. The van der Waals surface area contributed by atoms with Crippen LogP contribution in [0.2, 0.25) is 0 Å². The van der Waals surface area contributed by atoms with Gasteiger partial charge in [-0.05, 0) is 42.3 Å². The van der Waals surface area contributed by atoms with Gasteiger partial charge in [0.1, 0.15) is 0 Å². The minimum Gasteiger partial charge on any atom is -0.375 e. The first-order valence-electron chi connectivity index (χ1n) is 5.55. The summed E-state index contributed by atoms with van der Waals surface area (Å²) in [4.78, 5) is 0. The number of nitrogens with one attached hydrogen (secondary N) is 1. The summed E-state index contributed by atoms with van der Waals surface area (Å²) in [6, 6.07) is 0. The lowest BCUT2D eigenvalue weighted by molar-refractivity contribution is 0.182. The molecule has 0 saturated heterocycles. The van der Waals surface area contributed by atoms with Crippen molar-refractivity contribution < 1.29 is 0 Å². The van der Waals surface area contributed by atoms with Gasteiger partial charge in [0.05, 0.1) is 0 Å².